The number of rotatable bonds is 3. The molecular weight excluding hydrogens is 323 g/mol. The van der Waals surface area contributed by atoms with E-state index in [0.717, 1.165) is 12.8 Å². The molecule has 8 heteroatoms. The standard InChI is InChI=1S/C15H16ClFN4O2/c16-11-4-1-5-13(14(11)17)21-8-12(18-19-21)15(23)20-6-2-3-10(7-20)9-22/h1,4-5,8,10,22H,2-3,6-7,9H2. The number of piperidine rings is 1. The molecule has 2 heterocycles. The van der Waals surface area contributed by atoms with Crippen molar-refractivity contribution in [2.45, 2.75) is 12.8 Å². The fraction of sp³-hybridized carbons (Fsp3) is 0.400. The maximum Gasteiger partial charge on any atom is 0.276 e. The number of carbonyl (C=O) groups is 1. The van der Waals surface area contributed by atoms with Gasteiger partial charge in [0, 0.05) is 19.7 Å². The van der Waals surface area contributed by atoms with Crippen LogP contribution in [0.5, 0.6) is 0 Å². The van der Waals surface area contributed by atoms with Crippen LogP contribution >= 0.6 is 11.6 Å². The van der Waals surface area contributed by atoms with Crippen LogP contribution in [0.3, 0.4) is 0 Å². The van der Waals surface area contributed by atoms with Crippen LogP contribution in [-0.2, 0) is 0 Å². The summed E-state index contributed by atoms with van der Waals surface area (Å²) >= 11 is 5.75. The summed E-state index contributed by atoms with van der Waals surface area (Å²) in [6.45, 7) is 1.17. The molecule has 0 aliphatic carbocycles. The monoisotopic (exact) mass is 338 g/mol. The molecule has 6 nitrogen and oxygen atoms in total. The highest BCUT2D eigenvalue weighted by Gasteiger charge is 2.26. The first kappa shape index (κ1) is 15.9. The van der Waals surface area contributed by atoms with E-state index in [1.807, 2.05) is 0 Å². The molecule has 1 amide bonds. The number of aliphatic hydroxyl groups is 1. The van der Waals surface area contributed by atoms with Crippen LogP contribution in [0.2, 0.25) is 5.02 Å². The van der Waals surface area contributed by atoms with E-state index in [1.54, 1.807) is 11.0 Å². The van der Waals surface area contributed by atoms with Gasteiger partial charge in [-0.15, -0.1) is 5.10 Å². The Morgan fingerprint density at radius 3 is 3.09 bits per heavy atom. The van der Waals surface area contributed by atoms with E-state index in [1.165, 1.54) is 23.0 Å². The molecule has 2 aromatic rings. The minimum absolute atomic E-state index is 0.0207. The second-order valence-corrected chi connectivity index (χ2v) is 5.97. The summed E-state index contributed by atoms with van der Waals surface area (Å²) in [7, 11) is 0. The second-order valence-electron chi connectivity index (χ2n) is 5.56. The van der Waals surface area contributed by atoms with Crippen LogP contribution in [0.1, 0.15) is 23.3 Å². The average Bonchev–Trinajstić information content (AvgIpc) is 3.06. The smallest absolute Gasteiger partial charge is 0.276 e. The summed E-state index contributed by atoms with van der Waals surface area (Å²) in [5.74, 6) is -0.790. The predicted molar refractivity (Wildman–Crippen MR) is 82.0 cm³/mol. The molecule has 1 aliphatic heterocycles. The van der Waals surface area contributed by atoms with Gasteiger partial charge in [0.2, 0.25) is 0 Å². The second kappa shape index (κ2) is 6.64. The summed E-state index contributed by atoms with van der Waals surface area (Å²) in [5, 5.41) is 16.9. The molecule has 122 valence electrons. The minimum Gasteiger partial charge on any atom is -0.396 e. The number of hydrogen-bond donors (Lipinski definition) is 1. The number of carbonyl (C=O) groups excluding carboxylic acids is 1. The Hall–Kier alpha value is -1.99. The van der Waals surface area contributed by atoms with E-state index >= 15 is 0 Å². The Morgan fingerprint density at radius 2 is 2.30 bits per heavy atom. The van der Waals surface area contributed by atoms with Gasteiger partial charge >= 0.3 is 0 Å². The van der Waals surface area contributed by atoms with Crippen molar-refractivity contribution >= 4 is 17.5 Å². The molecule has 1 aromatic heterocycles. The molecule has 1 saturated heterocycles. The summed E-state index contributed by atoms with van der Waals surface area (Å²) in [4.78, 5) is 14.1. The maximum absolute atomic E-state index is 14.0. The SMILES string of the molecule is O=C(c1cn(-c2cccc(Cl)c2F)nn1)N1CCCC(CO)C1. The fourth-order valence-electron chi connectivity index (χ4n) is 2.71. The molecule has 1 aliphatic rings. The lowest BCUT2D eigenvalue weighted by atomic mass is 9.99. The van der Waals surface area contributed by atoms with Crippen LogP contribution < -0.4 is 0 Å². The summed E-state index contributed by atoms with van der Waals surface area (Å²) in [6.07, 6.45) is 3.13. The summed E-state index contributed by atoms with van der Waals surface area (Å²) < 4.78 is 15.2. The highest BCUT2D eigenvalue weighted by Crippen LogP contribution is 2.21. The Kier molecular flexibility index (Phi) is 4.58. The zero-order valence-electron chi connectivity index (χ0n) is 12.3. The van der Waals surface area contributed by atoms with Crippen LogP contribution in [-0.4, -0.2) is 50.6 Å². The fourth-order valence-corrected chi connectivity index (χ4v) is 2.88. The van der Waals surface area contributed by atoms with Gasteiger partial charge in [0.1, 0.15) is 5.69 Å². The normalized spacial score (nSPS) is 18.2. The lowest BCUT2D eigenvalue weighted by Crippen LogP contribution is -2.41. The molecule has 3 rings (SSSR count). The predicted octanol–water partition coefficient (Wildman–Crippen LogP) is 1.90. The Bertz CT molecular complexity index is 721. The van der Waals surface area contributed by atoms with E-state index < -0.39 is 5.82 Å². The number of nitrogens with zero attached hydrogens (tertiary/aromatic N) is 4. The van der Waals surface area contributed by atoms with Crippen molar-refractivity contribution in [3.63, 3.8) is 0 Å². The van der Waals surface area contributed by atoms with E-state index in [4.69, 9.17) is 11.6 Å². The van der Waals surface area contributed by atoms with E-state index in [-0.39, 0.29) is 34.8 Å². The van der Waals surface area contributed by atoms with Crippen LogP contribution in [0.25, 0.3) is 5.69 Å². The average molecular weight is 339 g/mol. The molecule has 23 heavy (non-hydrogen) atoms. The third kappa shape index (κ3) is 3.20. The van der Waals surface area contributed by atoms with E-state index in [0.29, 0.717) is 13.1 Å². The molecular formula is C15H16ClFN4O2. The Morgan fingerprint density at radius 1 is 1.48 bits per heavy atom. The third-order valence-corrected chi connectivity index (χ3v) is 4.25. The van der Waals surface area contributed by atoms with Crippen LogP contribution in [0.4, 0.5) is 4.39 Å². The van der Waals surface area contributed by atoms with Gasteiger partial charge in [-0.05, 0) is 30.9 Å². The lowest BCUT2D eigenvalue weighted by Gasteiger charge is -2.31. The van der Waals surface area contributed by atoms with Gasteiger partial charge in [-0.3, -0.25) is 4.79 Å². The van der Waals surface area contributed by atoms with Crippen molar-refractivity contribution < 1.29 is 14.3 Å². The van der Waals surface area contributed by atoms with Gasteiger partial charge in [0.05, 0.1) is 11.2 Å². The molecule has 0 radical (unpaired) electrons. The number of likely N-dealkylation sites (tertiary alicyclic amines) is 1. The van der Waals surface area contributed by atoms with Gasteiger partial charge in [-0.25, -0.2) is 9.07 Å². The summed E-state index contributed by atoms with van der Waals surface area (Å²) in [6, 6.07) is 4.54. The molecule has 0 spiro atoms. The first-order valence-electron chi connectivity index (χ1n) is 7.37. The molecule has 1 unspecified atom stereocenters. The van der Waals surface area contributed by atoms with Crippen molar-refractivity contribution in [2.24, 2.45) is 5.92 Å². The molecule has 0 bridgehead atoms. The van der Waals surface area contributed by atoms with Crippen molar-refractivity contribution in [3.8, 4) is 5.69 Å². The number of benzene rings is 1. The zero-order valence-corrected chi connectivity index (χ0v) is 13.1. The van der Waals surface area contributed by atoms with Crippen molar-refractivity contribution in [1.29, 1.82) is 0 Å². The van der Waals surface area contributed by atoms with E-state index in [9.17, 15) is 14.3 Å². The Balaban J connectivity index is 1.81. The molecule has 0 saturated carbocycles. The van der Waals surface area contributed by atoms with Gasteiger partial charge in [0.25, 0.3) is 5.91 Å². The quantitative estimate of drug-likeness (QED) is 0.928. The highest BCUT2D eigenvalue weighted by atomic mass is 35.5. The van der Waals surface area contributed by atoms with Crippen molar-refractivity contribution in [2.75, 3.05) is 19.7 Å². The molecule has 1 fully saturated rings. The maximum atomic E-state index is 14.0. The first-order valence-corrected chi connectivity index (χ1v) is 7.75. The molecule has 1 aromatic carbocycles. The van der Waals surface area contributed by atoms with Crippen molar-refractivity contribution in [1.82, 2.24) is 19.9 Å². The van der Waals surface area contributed by atoms with E-state index in [2.05, 4.69) is 10.3 Å². The van der Waals surface area contributed by atoms with Crippen LogP contribution in [0.15, 0.2) is 24.4 Å². The van der Waals surface area contributed by atoms with Crippen molar-refractivity contribution in [3.05, 3.63) is 40.9 Å². The summed E-state index contributed by atoms with van der Waals surface area (Å²) in [5.41, 5.74) is 0.277. The number of aromatic nitrogens is 3. The molecule has 1 atom stereocenters. The highest BCUT2D eigenvalue weighted by molar-refractivity contribution is 6.30. The number of aliphatic hydroxyl groups excluding tert-OH is 1. The first-order chi connectivity index (χ1) is 11.1. The number of hydrogen-bond acceptors (Lipinski definition) is 4. The van der Waals surface area contributed by atoms with Crippen LogP contribution in [0, 0.1) is 11.7 Å². The van der Waals surface area contributed by atoms with Gasteiger partial charge < -0.3 is 10.0 Å². The molecule has 1 N–H and O–H groups in total. The van der Waals surface area contributed by atoms with Gasteiger partial charge in [-0.1, -0.05) is 22.9 Å². The zero-order chi connectivity index (χ0) is 16.4. The Labute approximate surface area is 137 Å². The lowest BCUT2D eigenvalue weighted by molar-refractivity contribution is 0.0615. The van der Waals surface area contributed by atoms with Gasteiger partial charge in [0.15, 0.2) is 11.5 Å². The number of halogens is 2. The largest absolute Gasteiger partial charge is 0.396 e. The number of amides is 1. The topological polar surface area (TPSA) is 71.2 Å². The third-order valence-electron chi connectivity index (χ3n) is 3.95. The minimum atomic E-state index is -0.614. The van der Waals surface area contributed by atoms with Gasteiger partial charge in [-0.2, -0.15) is 0 Å².